The van der Waals surface area contributed by atoms with Crippen molar-refractivity contribution >= 4 is 7.60 Å². The third-order valence-electron chi connectivity index (χ3n) is 1.88. The average molecular weight is 210 g/mol. The van der Waals surface area contributed by atoms with Gasteiger partial charge < -0.3 is 14.9 Å². The van der Waals surface area contributed by atoms with Gasteiger partial charge in [-0.2, -0.15) is 0 Å². The molecule has 0 aliphatic carbocycles. The van der Waals surface area contributed by atoms with Crippen molar-refractivity contribution in [2.45, 2.75) is 45.4 Å². The molecule has 13 heavy (non-hydrogen) atoms. The summed E-state index contributed by atoms with van der Waals surface area (Å²) >= 11 is 0. The molecule has 4 nitrogen and oxygen atoms in total. The zero-order valence-electron chi connectivity index (χ0n) is 8.18. The molecule has 80 valence electrons. The normalized spacial score (nSPS) is 14.9. The summed E-state index contributed by atoms with van der Waals surface area (Å²) in [5, 5.41) is 8.99. The van der Waals surface area contributed by atoms with Crippen molar-refractivity contribution in [3.8, 4) is 0 Å². The van der Waals surface area contributed by atoms with Crippen molar-refractivity contribution in [1.29, 1.82) is 0 Å². The molecule has 0 aliphatic heterocycles. The molecule has 0 saturated carbocycles. The zero-order valence-corrected chi connectivity index (χ0v) is 9.07. The summed E-state index contributed by atoms with van der Waals surface area (Å²) in [4.78, 5) is 17.1. The SMILES string of the molecule is CC(C)CCCCC(O)P(=O)(O)O. The van der Waals surface area contributed by atoms with Crippen LogP contribution in [0.1, 0.15) is 39.5 Å². The van der Waals surface area contributed by atoms with E-state index in [0.29, 0.717) is 12.3 Å². The molecule has 1 atom stereocenters. The lowest BCUT2D eigenvalue weighted by Crippen LogP contribution is -2.06. The molecule has 0 fully saturated rings. The summed E-state index contributed by atoms with van der Waals surface area (Å²) in [6.07, 6.45) is 2.81. The van der Waals surface area contributed by atoms with Crippen LogP contribution in [0.4, 0.5) is 0 Å². The lowest BCUT2D eigenvalue weighted by atomic mass is 10.1. The van der Waals surface area contributed by atoms with Crippen molar-refractivity contribution in [2.75, 3.05) is 0 Å². The highest BCUT2D eigenvalue weighted by molar-refractivity contribution is 7.52. The lowest BCUT2D eigenvalue weighted by molar-refractivity contribution is 0.190. The fourth-order valence-corrected chi connectivity index (χ4v) is 1.57. The van der Waals surface area contributed by atoms with Crippen molar-refractivity contribution in [3.63, 3.8) is 0 Å². The smallest absolute Gasteiger partial charge is 0.353 e. The number of unbranched alkanes of at least 4 members (excludes halogenated alkanes) is 1. The molecule has 0 rings (SSSR count). The molecule has 0 amide bonds. The van der Waals surface area contributed by atoms with Crippen LogP contribution in [-0.4, -0.2) is 20.7 Å². The highest BCUT2D eigenvalue weighted by Crippen LogP contribution is 2.41. The Labute approximate surface area is 79.1 Å². The molecule has 3 N–H and O–H groups in total. The van der Waals surface area contributed by atoms with Gasteiger partial charge >= 0.3 is 7.60 Å². The van der Waals surface area contributed by atoms with Gasteiger partial charge in [-0.05, 0) is 12.3 Å². The van der Waals surface area contributed by atoms with Crippen LogP contribution in [-0.2, 0) is 4.57 Å². The van der Waals surface area contributed by atoms with Gasteiger partial charge in [0.05, 0.1) is 0 Å². The third-order valence-corrected chi connectivity index (χ3v) is 2.92. The van der Waals surface area contributed by atoms with Gasteiger partial charge in [0.25, 0.3) is 0 Å². The Morgan fingerprint density at radius 2 is 1.62 bits per heavy atom. The predicted molar refractivity (Wildman–Crippen MR) is 51.4 cm³/mol. The summed E-state index contributed by atoms with van der Waals surface area (Å²) in [5.74, 6) is -0.869. The molecule has 0 aromatic heterocycles. The third kappa shape index (κ3) is 7.20. The summed E-state index contributed by atoms with van der Waals surface area (Å²) in [6.45, 7) is 4.19. The summed E-state index contributed by atoms with van der Waals surface area (Å²) in [7, 11) is -4.27. The lowest BCUT2D eigenvalue weighted by Gasteiger charge is -2.12. The van der Waals surface area contributed by atoms with Gasteiger partial charge in [0, 0.05) is 0 Å². The van der Waals surface area contributed by atoms with Crippen molar-refractivity contribution < 1.29 is 19.5 Å². The Morgan fingerprint density at radius 3 is 2.00 bits per heavy atom. The predicted octanol–water partition coefficient (Wildman–Crippen LogP) is 1.70. The second kappa shape index (κ2) is 5.76. The van der Waals surface area contributed by atoms with Gasteiger partial charge in [-0.3, -0.25) is 4.57 Å². The largest absolute Gasteiger partial charge is 0.380 e. The van der Waals surface area contributed by atoms with E-state index in [1.807, 2.05) is 0 Å². The van der Waals surface area contributed by atoms with Crippen molar-refractivity contribution in [3.05, 3.63) is 0 Å². The summed E-state index contributed by atoms with van der Waals surface area (Å²) in [6, 6.07) is 0. The first-order chi connectivity index (χ1) is 5.84. The van der Waals surface area contributed by atoms with Gasteiger partial charge in [-0.15, -0.1) is 0 Å². The van der Waals surface area contributed by atoms with Crippen LogP contribution in [0, 0.1) is 5.92 Å². The molecule has 0 aromatic carbocycles. The van der Waals surface area contributed by atoms with E-state index >= 15 is 0 Å². The first kappa shape index (κ1) is 13.1. The first-order valence-corrected chi connectivity index (χ1v) is 6.25. The Balaban J connectivity index is 3.49. The minimum Gasteiger partial charge on any atom is -0.380 e. The number of rotatable bonds is 6. The van der Waals surface area contributed by atoms with E-state index in [-0.39, 0.29) is 6.42 Å². The van der Waals surface area contributed by atoms with Crippen LogP contribution in [0.5, 0.6) is 0 Å². The first-order valence-electron chi connectivity index (χ1n) is 4.57. The summed E-state index contributed by atoms with van der Waals surface area (Å²) < 4.78 is 10.5. The zero-order chi connectivity index (χ0) is 10.5. The van der Waals surface area contributed by atoms with E-state index in [1.165, 1.54) is 0 Å². The van der Waals surface area contributed by atoms with E-state index in [9.17, 15) is 4.57 Å². The Bertz CT molecular complexity index is 175. The maximum absolute atomic E-state index is 10.5. The van der Waals surface area contributed by atoms with Gasteiger partial charge in [-0.1, -0.05) is 33.1 Å². The van der Waals surface area contributed by atoms with Crippen LogP contribution < -0.4 is 0 Å². The number of hydrogen-bond acceptors (Lipinski definition) is 2. The number of hydrogen-bond donors (Lipinski definition) is 3. The summed E-state index contributed by atoms with van der Waals surface area (Å²) in [5.41, 5.74) is 0. The fraction of sp³-hybridized carbons (Fsp3) is 1.00. The molecule has 5 heteroatoms. The second-order valence-electron chi connectivity index (χ2n) is 3.75. The molecule has 1 unspecified atom stereocenters. The minimum atomic E-state index is -4.27. The van der Waals surface area contributed by atoms with E-state index in [4.69, 9.17) is 14.9 Å². The highest BCUT2D eigenvalue weighted by atomic mass is 31.2. The molecule has 0 heterocycles. The van der Waals surface area contributed by atoms with Gasteiger partial charge in [0.1, 0.15) is 0 Å². The number of aliphatic hydroxyl groups is 1. The van der Waals surface area contributed by atoms with E-state index < -0.39 is 13.4 Å². The average Bonchev–Trinajstić information content (AvgIpc) is 1.95. The fourth-order valence-electron chi connectivity index (χ4n) is 1.05. The van der Waals surface area contributed by atoms with Crippen LogP contribution in [0.25, 0.3) is 0 Å². The monoisotopic (exact) mass is 210 g/mol. The quantitative estimate of drug-likeness (QED) is 0.460. The van der Waals surface area contributed by atoms with Gasteiger partial charge in [-0.25, -0.2) is 0 Å². The molecular weight excluding hydrogens is 191 g/mol. The Morgan fingerprint density at radius 1 is 1.15 bits per heavy atom. The van der Waals surface area contributed by atoms with E-state index in [0.717, 1.165) is 12.8 Å². The molecular formula is C8H19O4P. The van der Waals surface area contributed by atoms with Gasteiger partial charge in [0.2, 0.25) is 0 Å². The van der Waals surface area contributed by atoms with Gasteiger partial charge in [0.15, 0.2) is 5.85 Å². The van der Waals surface area contributed by atoms with Crippen LogP contribution in [0.3, 0.4) is 0 Å². The maximum Gasteiger partial charge on any atom is 0.353 e. The van der Waals surface area contributed by atoms with Crippen molar-refractivity contribution in [1.82, 2.24) is 0 Å². The Hall–Kier alpha value is 0.110. The van der Waals surface area contributed by atoms with E-state index in [1.54, 1.807) is 0 Å². The van der Waals surface area contributed by atoms with Crippen LogP contribution in [0.2, 0.25) is 0 Å². The molecule has 0 saturated heterocycles. The molecule has 0 aliphatic rings. The maximum atomic E-state index is 10.5. The second-order valence-corrected chi connectivity index (χ2v) is 5.52. The minimum absolute atomic E-state index is 0.191. The van der Waals surface area contributed by atoms with Crippen LogP contribution >= 0.6 is 7.60 Å². The molecule has 0 aromatic rings. The highest BCUT2D eigenvalue weighted by Gasteiger charge is 2.25. The van der Waals surface area contributed by atoms with Crippen molar-refractivity contribution in [2.24, 2.45) is 5.92 Å². The Kier molecular flexibility index (Phi) is 5.81. The molecule has 0 spiro atoms. The number of aliphatic hydroxyl groups excluding tert-OH is 1. The topological polar surface area (TPSA) is 77.8 Å². The standard InChI is InChI=1S/C8H19O4P/c1-7(2)5-3-4-6-8(9)13(10,11)12/h7-9H,3-6H2,1-2H3,(H2,10,11,12). The molecule has 0 bridgehead atoms. The van der Waals surface area contributed by atoms with E-state index in [2.05, 4.69) is 13.8 Å². The van der Waals surface area contributed by atoms with Crippen LogP contribution in [0.15, 0.2) is 0 Å². The molecule has 0 radical (unpaired) electrons.